The predicted molar refractivity (Wildman–Crippen MR) is 30.0 cm³/mol. The van der Waals surface area contributed by atoms with E-state index in [0.717, 1.165) is 0 Å². The van der Waals surface area contributed by atoms with Gasteiger partial charge in [0.25, 0.3) is 0 Å². The van der Waals surface area contributed by atoms with Crippen molar-refractivity contribution in [2.75, 3.05) is 0 Å². The van der Waals surface area contributed by atoms with Crippen LogP contribution in [0.1, 0.15) is 20.3 Å². The van der Waals surface area contributed by atoms with Gasteiger partial charge in [-0.3, -0.25) is 4.84 Å². The first-order valence-corrected chi connectivity index (χ1v) is 2.71. The van der Waals surface area contributed by atoms with E-state index in [-0.39, 0.29) is 0 Å². The summed E-state index contributed by atoms with van der Waals surface area (Å²) in [5.74, 6) is 4.61. The molecule has 2 N–H and O–H groups in total. The van der Waals surface area contributed by atoms with Gasteiger partial charge in [-0.25, -0.2) is 5.90 Å². The lowest BCUT2D eigenvalue weighted by molar-refractivity contribution is -0.181. The fourth-order valence-electron chi connectivity index (χ4n) is 0.524. The number of hydrogen-bond donors (Lipinski definition) is 1. The summed E-state index contributed by atoms with van der Waals surface area (Å²) in [6.45, 7) is 2.56. The van der Waals surface area contributed by atoms with Gasteiger partial charge in [-0.1, -0.05) is 0 Å². The van der Waals surface area contributed by atoms with Crippen LogP contribution in [-0.4, -0.2) is 11.8 Å². The fraction of sp³-hybridized carbons (Fsp3) is 1.00. The number of alkyl halides is 3. The van der Waals surface area contributed by atoms with E-state index in [1.165, 1.54) is 13.8 Å². The van der Waals surface area contributed by atoms with Crippen LogP contribution in [0.25, 0.3) is 0 Å². The van der Waals surface area contributed by atoms with Crippen molar-refractivity contribution in [3.05, 3.63) is 0 Å². The molecule has 0 aliphatic heterocycles. The molecule has 0 amide bonds. The monoisotopic (exact) mass is 157 g/mol. The van der Waals surface area contributed by atoms with E-state index < -0.39 is 18.2 Å². The van der Waals surface area contributed by atoms with Crippen LogP contribution < -0.4 is 5.90 Å². The summed E-state index contributed by atoms with van der Waals surface area (Å²) in [6.07, 6.45) is -5.25. The predicted octanol–water partition coefficient (Wildman–Crippen LogP) is 1.61. The summed E-state index contributed by atoms with van der Waals surface area (Å²) < 4.78 is 34.8. The number of halogens is 3. The standard InChI is InChI=1S/C5H10F3NO/c1-4(2,10-9)3-5(6,7)8/h3,9H2,1-2H3. The molecule has 0 heterocycles. The van der Waals surface area contributed by atoms with Crippen molar-refractivity contribution in [1.29, 1.82) is 0 Å². The molecule has 0 bridgehead atoms. The summed E-state index contributed by atoms with van der Waals surface area (Å²) in [5, 5.41) is 0. The third-order valence-electron chi connectivity index (χ3n) is 0.945. The van der Waals surface area contributed by atoms with Gasteiger partial charge in [-0.2, -0.15) is 13.2 Å². The average Bonchev–Trinajstić information content (AvgIpc) is 1.60. The van der Waals surface area contributed by atoms with Crippen LogP contribution in [0.2, 0.25) is 0 Å². The summed E-state index contributed by atoms with van der Waals surface area (Å²) in [5.41, 5.74) is -1.32. The summed E-state index contributed by atoms with van der Waals surface area (Å²) in [7, 11) is 0. The Morgan fingerprint density at radius 2 is 1.70 bits per heavy atom. The maximum Gasteiger partial charge on any atom is 0.391 e. The van der Waals surface area contributed by atoms with Gasteiger partial charge >= 0.3 is 6.18 Å². The Morgan fingerprint density at radius 3 is 1.80 bits per heavy atom. The van der Waals surface area contributed by atoms with Gasteiger partial charge in [0.2, 0.25) is 0 Å². The van der Waals surface area contributed by atoms with Gasteiger partial charge in [0.05, 0.1) is 12.0 Å². The molecule has 0 fully saturated rings. The Morgan fingerprint density at radius 1 is 1.30 bits per heavy atom. The Balaban J connectivity index is 3.89. The van der Waals surface area contributed by atoms with Crippen molar-refractivity contribution in [1.82, 2.24) is 0 Å². The Bertz CT molecular complexity index is 110. The molecule has 62 valence electrons. The fourth-order valence-corrected chi connectivity index (χ4v) is 0.524. The molecular weight excluding hydrogens is 147 g/mol. The van der Waals surface area contributed by atoms with E-state index in [1.807, 2.05) is 0 Å². The molecule has 0 aromatic rings. The highest BCUT2D eigenvalue weighted by Gasteiger charge is 2.36. The SMILES string of the molecule is CC(C)(CC(F)(F)F)ON. The van der Waals surface area contributed by atoms with Crippen molar-refractivity contribution in [2.24, 2.45) is 5.90 Å². The Hall–Kier alpha value is -0.290. The second-order valence-electron chi connectivity index (χ2n) is 2.67. The van der Waals surface area contributed by atoms with Crippen LogP contribution >= 0.6 is 0 Å². The van der Waals surface area contributed by atoms with Crippen molar-refractivity contribution < 1.29 is 18.0 Å². The number of hydrogen-bond acceptors (Lipinski definition) is 2. The molecule has 0 aliphatic carbocycles. The van der Waals surface area contributed by atoms with E-state index in [9.17, 15) is 13.2 Å². The minimum Gasteiger partial charge on any atom is -0.298 e. The van der Waals surface area contributed by atoms with E-state index in [0.29, 0.717) is 0 Å². The first kappa shape index (κ1) is 9.71. The Labute approximate surface area is 57.1 Å². The average molecular weight is 157 g/mol. The van der Waals surface area contributed by atoms with Crippen molar-refractivity contribution >= 4 is 0 Å². The molecule has 2 nitrogen and oxygen atoms in total. The third-order valence-corrected chi connectivity index (χ3v) is 0.945. The van der Waals surface area contributed by atoms with E-state index in [4.69, 9.17) is 0 Å². The van der Waals surface area contributed by atoms with Crippen LogP contribution in [0.15, 0.2) is 0 Å². The normalized spacial score (nSPS) is 13.8. The topological polar surface area (TPSA) is 35.2 Å². The molecule has 0 aromatic heterocycles. The highest BCUT2D eigenvalue weighted by atomic mass is 19.4. The van der Waals surface area contributed by atoms with Gasteiger partial charge in [-0.05, 0) is 13.8 Å². The van der Waals surface area contributed by atoms with Gasteiger partial charge in [0.15, 0.2) is 0 Å². The van der Waals surface area contributed by atoms with E-state index in [2.05, 4.69) is 10.7 Å². The molecule has 0 rings (SSSR count). The summed E-state index contributed by atoms with van der Waals surface area (Å²) in [6, 6.07) is 0. The zero-order chi connectivity index (χ0) is 8.41. The molecule has 0 spiro atoms. The molecule has 0 aromatic carbocycles. The molecule has 0 atom stereocenters. The van der Waals surface area contributed by atoms with Crippen LogP contribution in [0.5, 0.6) is 0 Å². The van der Waals surface area contributed by atoms with Gasteiger partial charge in [0, 0.05) is 0 Å². The van der Waals surface area contributed by atoms with Crippen LogP contribution in [0.3, 0.4) is 0 Å². The van der Waals surface area contributed by atoms with Gasteiger partial charge in [0.1, 0.15) is 0 Å². The third kappa shape index (κ3) is 4.58. The molecular formula is C5H10F3NO. The molecule has 5 heteroatoms. The zero-order valence-corrected chi connectivity index (χ0v) is 5.83. The summed E-state index contributed by atoms with van der Waals surface area (Å²) in [4.78, 5) is 4.09. The second kappa shape index (κ2) is 2.75. The van der Waals surface area contributed by atoms with Crippen molar-refractivity contribution in [3.8, 4) is 0 Å². The molecule has 0 aliphatic rings. The van der Waals surface area contributed by atoms with Crippen LogP contribution in [0.4, 0.5) is 13.2 Å². The highest BCUT2D eigenvalue weighted by Crippen LogP contribution is 2.28. The lowest BCUT2D eigenvalue weighted by Crippen LogP contribution is -2.33. The largest absolute Gasteiger partial charge is 0.391 e. The summed E-state index contributed by atoms with van der Waals surface area (Å²) >= 11 is 0. The minimum atomic E-state index is -4.22. The minimum absolute atomic E-state index is 1.03. The molecule has 0 saturated heterocycles. The van der Waals surface area contributed by atoms with E-state index in [1.54, 1.807) is 0 Å². The molecule has 0 radical (unpaired) electrons. The number of nitrogens with two attached hydrogens (primary N) is 1. The molecule has 0 saturated carbocycles. The molecule has 0 unspecified atom stereocenters. The number of rotatable bonds is 2. The maximum absolute atomic E-state index is 11.6. The Kier molecular flexibility index (Phi) is 2.67. The van der Waals surface area contributed by atoms with E-state index >= 15 is 0 Å². The second-order valence-corrected chi connectivity index (χ2v) is 2.67. The highest BCUT2D eigenvalue weighted by molar-refractivity contribution is 4.71. The quantitative estimate of drug-likeness (QED) is 0.618. The first-order valence-electron chi connectivity index (χ1n) is 2.71. The molecule has 10 heavy (non-hydrogen) atoms. The van der Waals surface area contributed by atoms with Crippen LogP contribution in [-0.2, 0) is 4.84 Å². The zero-order valence-electron chi connectivity index (χ0n) is 5.83. The lowest BCUT2D eigenvalue weighted by atomic mass is 10.1. The van der Waals surface area contributed by atoms with Crippen molar-refractivity contribution in [2.45, 2.75) is 32.0 Å². The van der Waals surface area contributed by atoms with Gasteiger partial charge < -0.3 is 0 Å². The lowest BCUT2D eigenvalue weighted by Gasteiger charge is -2.22. The maximum atomic E-state index is 11.6. The van der Waals surface area contributed by atoms with Crippen molar-refractivity contribution in [3.63, 3.8) is 0 Å². The van der Waals surface area contributed by atoms with Crippen LogP contribution in [0, 0.1) is 0 Å². The smallest absolute Gasteiger partial charge is 0.298 e. The van der Waals surface area contributed by atoms with Gasteiger partial charge in [-0.15, -0.1) is 0 Å². The first-order chi connectivity index (χ1) is 4.27.